The van der Waals surface area contributed by atoms with Crippen LogP contribution in [0.25, 0.3) is 17.5 Å². The van der Waals surface area contributed by atoms with Crippen LogP contribution in [0.2, 0.25) is 0 Å². The molecule has 0 saturated heterocycles. The van der Waals surface area contributed by atoms with Crippen LogP contribution in [-0.2, 0) is 9.13 Å². The SMILES string of the molecule is CN(C)c1ccc(C2=Cc3ccccc3P2(=O)c2ccccc2)cc1.O=P1(c2ccccc2)C(Br)=Cc2ccccc21. The number of benzene rings is 5. The zero-order valence-corrected chi connectivity index (χ0v) is 26.8. The van der Waals surface area contributed by atoms with Gasteiger partial charge in [-0.05, 0) is 56.9 Å². The Balaban J connectivity index is 0.000000162. The number of fused-ring (bicyclic) bond motifs is 2. The molecule has 5 aromatic carbocycles. The number of hydrogen-bond donors (Lipinski definition) is 0. The van der Waals surface area contributed by atoms with Crippen molar-refractivity contribution >= 4 is 74.6 Å². The Morgan fingerprint density at radius 3 is 1.52 bits per heavy atom. The van der Waals surface area contributed by atoms with Crippen LogP contribution in [-0.4, -0.2) is 14.1 Å². The summed E-state index contributed by atoms with van der Waals surface area (Å²) >= 11 is 3.48. The van der Waals surface area contributed by atoms with Crippen molar-refractivity contribution in [3.05, 3.63) is 154 Å². The standard InChI is InChI=1S/C22H20NOP.C14H10BrOP/c1-23(2)19-14-12-17(13-15-19)22-16-18-8-6-7-11-21(18)25(22,24)20-9-4-3-5-10-20;15-14-10-11-6-4-5-9-13(11)17(14,16)12-7-2-1-3-8-12/h3-16H,1-2H3;1-10H. The Kier molecular flexibility index (Phi) is 7.81. The van der Waals surface area contributed by atoms with Gasteiger partial charge in [0.15, 0.2) is 14.3 Å². The van der Waals surface area contributed by atoms with Crippen LogP contribution < -0.4 is 26.1 Å². The third kappa shape index (κ3) is 4.88. The highest BCUT2D eigenvalue weighted by molar-refractivity contribution is 9.13. The lowest BCUT2D eigenvalue weighted by Gasteiger charge is -2.20. The van der Waals surface area contributed by atoms with Gasteiger partial charge < -0.3 is 14.0 Å². The molecule has 5 aromatic rings. The van der Waals surface area contributed by atoms with Gasteiger partial charge in [-0.25, -0.2) is 0 Å². The predicted octanol–water partition coefficient (Wildman–Crippen LogP) is 8.29. The number of nitrogens with zero attached hydrogens (tertiary/aromatic N) is 1. The minimum absolute atomic E-state index is 0.789. The van der Waals surface area contributed by atoms with E-state index < -0.39 is 14.3 Å². The summed E-state index contributed by atoms with van der Waals surface area (Å²) in [5.41, 5.74) is 4.26. The van der Waals surface area contributed by atoms with Gasteiger partial charge >= 0.3 is 0 Å². The molecule has 0 amide bonds. The molecule has 2 aliphatic heterocycles. The van der Waals surface area contributed by atoms with E-state index in [2.05, 4.69) is 51.2 Å². The fourth-order valence-corrected chi connectivity index (χ4v) is 12.4. The van der Waals surface area contributed by atoms with Crippen LogP contribution in [0.3, 0.4) is 0 Å². The second-order valence-corrected chi connectivity index (χ2v) is 17.3. The molecule has 0 aliphatic carbocycles. The first-order valence-electron chi connectivity index (χ1n) is 13.7. The van der Waals surface area contributed by atoms with E-state index in [1.54, 1.807) is 0 Å². The maximum absolute atomic E-state index is 14.3. The molecule has 2 heterocycles. The zero-order valence-electron chi connectivity index (χ0n) is 23.4. The van der Waals surface area contributed by atoms with Crippen LogP contribution in [0.15, 0.2) is 138 Å². The van der Waals surface area contributed by atoms with Gasteiger partial charge in [0.05, 0.1) is 4.22 Å². The molecular weight excluding hydrogens is 620 g/mol. The van der Waals surface area contributed by atoms with Crippen LogP contribution in [0, 0.1) is 0 Å². The smallest absolute Gasteiger partial charge is 0.178 e. The monoisotopic (exact) mass is 649 g/mol. The van der Waals surface area contributed by atoms with Gasteiger partial charge in [-0.1, -0.05) is 121 Å². The average Bonchev–Trinajstić information content (AvgIpc) is 3.49. The molecule has 0 fully saturated rings. The lowest BCUT2D eigenvalue weighted by molar-refractivity contribution is 0.591. The van der Waals surface area contributed by atoms with Gasteiger partial charge in [0.25, 0.3) is 0 Å². The van der Waals surface area contributed by atoms with Crippen LogP contribution in [0.1, 0.15) is 16.7 Å². The van der Waals surface area contributed by atoms with Gasteiger partial charge in [0.2, 0.25) is 0 Å². The zero-order chi connectivity index (χ0) is 29.3. The topological polar surface area (TPSA) is 37.4 Å². The van der Waals surface area contributed by atoms with E-state index in [0.717, 1.165) is 53.1 Å². The highest BCUT2D eigenvalue weighted by Crippen LogP contribution is 2.61. The lowest BCUT2D eigenvalue weighted by atomic mass is 10.1. The molecule has 2 unspecified atom stereocenters. The fraction of sp³-hybridized carbons (Fsp3) is 0.0556. The summed E-state index contributed by atoms with van der Waals surface area (Å²) < 4.78 is 28.4. The van der Waals surface area contributed by atoms with Gasteiger partial charge in [-0.15, -0.1) is 0 Å². The summed E-state index contributed by atoms with van der Waals surface area (Å²) in [5.74, 6) is 0. The quantitative estimate of drug-likeness (QED) is 0.184. The van der Waals surface area contributed by atoms with E-state index in [9.17, 15) is 9.13 Å². The highest BCUT2D eigenvalue weighted by atomic mass is 79.9. The van der Waals surface area contributed by atoms with Gasteiger partial charge in [-0.2, -0.15) is 0 Å². The average molecular weight is 650 g/mol. The molecule has 2 atom stereocenters. The van der Waals surface area contributed by atoms with Crippen molar-refractivity contribution in [3.63, 3.8) is 0 Å². The highest BCUT2D eigenvalue weighted by Gasteiger charge is 2.39. The van der Waals surface area contributed by atoms with Crippen molar-refractivity contribution in [2.75, 3.05) is 19.0 Å². The van der Waals surface area contributed by atoms with Crippen molar-refractivity contribution in [2.45, 2.75) is 0 Å². The molecule has 6 heteroatoms. The summed E-state index contributed by atoms with van der Waals surface area (Å²) in [6.07, 6.45) is 4.05. The number of halogens is 1. The molecular formula is C36H30BrNO2P2. The minimum atomic E-state index is -2.84. The van der Waals surface area contributed by atoms with Crippen LogP contribution in [0.4, 0.5) is 5.69 Å². The first kappa shape index (κ1) is 28.4. The summed E-state index contributed by atoms with van der Waals surface area (Å²) in [7, 11) is -1.42. The fourth-order valence-electron chi connectivity index (χ4n) is 5.51. The summed E-state index contributed by atoms with van der Waals surface area (Å²) in [6, 6.07) is 43.7. The van der Waals surface area contributed by atoms with E-state index in [1.807, 2.05) is 129 Å². The van der Waals surface area contributed by atoms with Crippen LogP contribution in [0.5, 0.6) is 0 Å². The predicted molar refractivity (Wildman–Crippen MR) is 185 cm³/mol. The Labute approximate surface area is 256 Å². The van der Waals surface area contributed by atoms with Gasteiger partial charge in [0.1, 0.15) is 0 Å². The van der Waals surface area contributed by atoms with Crippen molar-refractivity contribution in [1.82, 2.24) is 0 Å². The van der Waals surface area contributed by atoms with E-state index in [-0.39, 0.29) is 0 Å². The third-order valence-electron chi connectivity index (χ3n) is 7.68. The molecule has 2 aliphatic rings. The summed E-state index contributed by atoms with van der Waals surface area (Å²) in [4.78, 5) is 2.07. The van der Waals surface area contributed by atoms with E-state index in [1.165, 1.54) is 0 Å². The summed E-state index contributed by atoms with van der Waals surface area (Å²) in [5, 5.41) is 4.56. The van der Waals surface area contributed by atoms with Crippen molar-refractivity contribution in [3.8, 4) is 0 Å². The van der Waals surface area contributed by atoms with Crippen molar-refractivity contribution in [2.24, 2.45) is 0 Å². The molecule has 0 spiro atoms. The molecule has 0 bridgehead atoms. The maximum atomic E-state index is 14.3. The van der Waals surface area contributed by atoms with Crippen LogP contribution >= 0.6 is 30.2 Å². The Morgan fingerprint density at radius 2 is 0.976 bits per heavy atom. The first-order valence-corrected chi connectivity index (χ1v) is 17.9. The van der Waals surface area contributed by atoms with E-state index in [0.29, 0.717) is 0 Å². The molecule has 42 heavy (non-hydrogen) atoms. The molecule has 208 valence electrons. The summed E-state index contributed by atoms with van der Waals surface area (Å²) in [6.45, 7) is 0. The number of rotatable bonds is 4. The molecule has 7 rings (SSSR count). The normalized spacial score (nSPS) is 20.0. The van der Waals surface area contributed by atoms with Crippen molar-refractivity contribution in [1.29, 1.82) is 0 Å². The van der Waals surface area contributed by atoms with E-state index in [4.69, 9.17) is 0 Å². The van der Waals surface area contributed by atoms with Crippen molar-refractivity contribution < 1.29 is 9.13 Å². The second-order valence-electron chi connectivity index (χ2n) is 10.4. The molecule has 0 radical (unpaired) electrons. The van der Waals surface area contributed by atoms with E-state index >= 15 is 0 Å². The Bertz CT molecular complexity index is 1910. The Morgan fingerprint density at radius 1 is 0.524 bits per heavy atom. The molecule has 0 N–H and O–H groups in total. The largest absolute Gasteiger partial charge is 0.378 e. The molecule has 0 saturated carbocycles. The molecule has 0 aromatic heterocycles. The maximum Gasteiger partial charge on any atom is 0.178 e. The Hall–Kier alpha value is -3.68. The molecule has 3 nitrogen and oxygen atoms in total. The van der Waals surface area contributed by atoms with Gasteiger partial charge in [0, 0.05) is 46.3 Å². The first-order chi connectivity index (χ1) is 20.3. The lowest BCUT2D eigenvalue weighted by Crippen LogP contribution is -2.15. The second kappa shape index (κ2) is 11.5. The van der Waals surface area contributed by atoms with Gasteiger partial charge in [-0.3, -0.25) is 0 Å². The third-order valence-corrected chi connectivity index (χ3v) is 15.4. The number of hydrogen-bond acceptors (Lipinski definition) is 3. The number of anilines is 1. The minimum Gasteiger partial charge on any atom is -0.378 e.